The van der Waals surface area contributed by atoms with Gasteiger partial charge < -0.3 is 31.0 Å². The number of nitrogens with zero attached hydrogens (tertiary/aromatic N) is 2. The molecule has 4 aromatic rings. The number of amides is 3. The molecule has 0 atom stereocenters. The molecule has 4 rings (SSSR count). The number of primary amides is 1. The Labute approximate surface area is 219 Å². The Hall–Kier alpha value is -5.12. The normalized spacial score (nSPS) is 10.7. The van der Waals surface area contributed by atoms with E-state index < -0.39 is 5.91 Å². The molecule has 0 radical (unpaired) electrons. The molecule has 0 bridgehead atoms. The Bertz CT molecular complexity index is 1520. The molecule has 38 heavy (non-hydrogen) atoms. The van der Waals surface area contributed by atoms with E-state index in [-0.39, 0.29) is 24.3 Å². The van der Waals surface area contributed by atoms with Crippen molar-refractivity contribution >= 4 is 40.1 Å². The molecule has 0 aliphatic heterocycles. The summed E-state index contributed by atoms with van der Waals surface area (Å²) in [6, 6.07) is 20.7. The van der Waals surface area contributed by atoms with Crippen LogP contribution in [0.1, 0.15) is 32.0 Å². The van der Waals surface area contributed by atoms with Crippen LogP contribution in [0.25, 0.3) is 10.9 Å². The third-order valence-corrected chi connectivity index (χ3v) is 6.00. The van der Waals surface area contributed by atoms with E-state index >= 15 is 0 Å². The molecule has 10 nitrogen and oxygen atoms in total. The van der Waals surface area contributed by atoms with Gasteiger partial charge in [0.25, 0.3) is 11.8 Å². The predicted molar refractivity (Wildman–Crippen MR) is 146 cm³/mol. The van der Waals surface area contributed by atoms with Gasteiger partial charge in [0, 0.05) is 48.4 Å². The second-order valence-electron chi connectivity index (χ2n) is 8.92. The minimum Gasteiger partial charge on any atom is -0.484 e. The Morgan fingerprint density at radius 1 is 0.921 bits per heavy atom. The van der Waals surface area contributed by atoms with Crippen LogP contribution in [0, 0.1) is 5.41 Å². The lowest BCUT2D eigenvalue weighted by atomic mass is 10.1. The molecular formula is C28H28N6O4. The van der Waals surface area contributed by atoms with Crippen LogP contribution in [0.2, 0.25) is 0 Å². The average molecular weight is 513 g/mol. The minimum atomic E-state index is -0.519. The lowest BCUT2D eigenvalue weighted by Gasteiger charge is -2.13. The molecule has 6 N–H and O–H groups in total. The molecule has 0 saturated heterocycles. The number of hydrogen-bond acceptors (Lipinski definition) is 5. The molecule has 0 spiro atoms. The molecule has 194 valence electrons. The zero-order valence-electron chi connectivity index (χ0n) is 21.0. The van der Waals surface area contributed by atoms with Crippen molar-refractivity contribution < 1.29 is 19.1 Å². The van der Waals surface area contributed by atoms with Gasteiger partial charge in [-0.1, -0.05) is 24.3 Å². The average Bonchev–Trinajstić information content (AvgIpc) is 3.26. The molecule has 3 amide bonds. The second-order valence-corrected chi connectivity index (χ2v) is 8.92. The summed E-state index contributed by atoms with van der Waals surface area (Å²) in [4.78, 5) is 38.0. The van der Waals surface area contributed by atoms with Gasteiger partial charge in [-0.25, -0.2) is 0 Å². The first-order valence-corrected chi connectivity index (χ1v) is 11.7. The number of nitrogens with two attached hydrogens (primary N) is 2. The van der Waals surface area contributed by atoms with E-state index in [0.717, 1.165) is 16.5 Å². The van der Waals surface area contributed by atoms with Crippen LogP contribution in [0.15, 0.2) is 72.8 Å². The predicted octanol–water partition coefficient (Wildman–Crippen LogP) is 2.79. The van der Waals surface area contributed by atoms with Crippen molar-refractivity contribution in [2.45, 2.75) is 6.54 Å². The smallest absolute Gasteiger partial charge is 0.272 e. The van der Waals surface area contributed by atoms with E-state index in [2.05, 4.69) is 5.32 Å². The van der Waals surface area contributed by atoms with Gasteiger partial charge in [-0.2, -0.15) is 0 Å². The lowest BCUT2D eigenvalue weighted by molar-refractivity contribution is -0.130. The number of hydrogen-bond donors (Lipinski definition) is 4. The molecule has 1 heterocycles. The maximum absolute atomic E-state index is 13.4. The molecule has 0 saturated carbocycles. The second kappa shape index (κ2) is 10.9. The van der Waals surface area contributed by atoms with Gasteiger partial charge >= 0.3 is 0 Å². The molecule has 0 aliphatic rings. The zero-order valence-corrected chi connectivity index (χ0v) is 21.0. The van der Waals surface area contributed by atoms with Crippen molar-refractivity contribution in [2.75, 3.05) is 26.0 Å². The third-order valence-electron chi connectivity index (χ3n) is 6.00. The molecule has 1 aromatic heterocycles. The number of fused-ring (bicyclic) bond motifs is 1. The number of carbonyl (C=O) groups is 3. The molecule has 0 unspecified atom stereocenters. The van der Waals surface area contributed by atoms with E-state index in [1.54, 1.807) is 80.8 Å². The fraction of sp³-hybridized carbons (Fsp3) is 0.143. The number of benzene rings is 3. The van der Waals surface area contributed by atoms with Crippen molar-refractivity contribution in [2.24, 2.45) is 11.5 Å². The SMILES string of the molecule is CN(C)C(=O)COc1ccc(NC(=O)c2cc3ccc(C(=N)N)cc3n2Cc2ccc(C(N)=O)cc2)cc1. The first-order valence-electron chi connectivity index (χ1n) is 11.7. The van der Waals surface area contributed by atoms with Gasteiger partial charge in [0.05, 0.1) is 0 Å². The number of anilines is 1. The molecule has 10 heteroatoms. The molecular weight excluding hydrogens is 484 g/mol. The largest absolute Gasteiger partial charge is 0.484 e. The fourth-order valence-electron chi connectivity index (χ4n) is 3.84. The maximum Gasteiger partial charge on any atom is 0.272 e. The topological polar surface area (TPSA) is 157 Å². The highest BCUT2D eigenvalue weighted by Crippen LogP contribution is 2.25. The molecule has 3 aromatic carbocycles. The summed E-state index contributed by atoms with van der Waals surface area (Å²) in [5.74, 6) is -0.590. The lowest BCUT2D eigenvalue weighted by Crippen LogP contribution is -2.27. The van der Waals surface area contributed by atoms with Crippen LogP contribution < -0.4 is 21.5 Å². The van der Waals surface area contributed by atoms with Crippen LogP contribution >= 0.6 is 0 Å². The number of likely N-dealkylation sites (N-methyl/N-ethyl adjacent to an activating group) is 1. The fourth-order valence-corrected chi connectivity index (χ4v) is 3.84. The number of nitrogens with one attached hydrogen (secondary N) is 2. The van der Waals surface area contributed by atoms with Crippen LogP contribution in [0.4, 0.5) is 5.69 Å². The Balaban J connectivity index is 1.61. The highest BCUT2D eigenvalue weighted by atomic mass is 16.5. The molecule has 0 aliphatic carbocycles. The van der Waals surface area contributed by atoms with Crippen molar-refractivity contribution in [1.29, 1.82) is 5.41 Å². The van der Waals surface area contributed by atoms with E-state index in [0.29, 0.717) is 34.8 Å². The number of carbonyl (C=O) groups excluding carboxylic acids is 3. The van der Waals surface area contributed by atoms with E-state index in [4.69, 9.17) is 21.6 Å². The van der Waals surface area contributed by atoms with Gasteiger partial charge in [-0.15, -0.1) is 0 Å². The maximum atomic E-state index is 13.4. The first-order chi connectivity index (χ1) is 18.1. The van der Waals surface area contributed by atoms with Crippen molar-refractivity contribution in [3.05, 3.63) is 95.2 Å². The summed E-state index contributed by atoms with van der Waals surface area (Å²) in [6.45, 7) is 0.251. The quantitative estimate of drug-likeness (QED) is 0.200. The highest BCUT2D eigenvalue weighted by Gasteiger charge is 2.18. The number of nitrogen functional groups attached to an aromatic ring is 1. The number of rotatable bonds is 9. The van der Waals surface area contributed by atoms with Crippen LogP contribution in [0.5, 0.6) is 5.75 Å². The first kappa shape index (κ1) is 26.0. The third kappa shape index (κ3) is 5.81. The summed E-state index contributed by atoms with van der Waals surface area (Å²) in [7, 11) is 3.31. The van der Waals surface area contributed by atoms with Crippen LogP contribution in [-0.4, -0.2) is 53.7 Å². The van der Waals surface area contributed by atoms with Crippen LogP contribution in [0.3, 0.4) is 0 Å². The van der Waals surface area contributed by atoms with Crippen LogP contribution in [-0.2, 0) is 11.3 Å². The van der Waals surface area contributed by atoms with Crippen molar-refractivity contribution in [3.63, 3.8) is 0 Å². The van der Waals surface area contributed by atoms with E-state index in [9.17, 15) is 14.4 Å². The molecule has 0 fully saturated rings. The Morgan fingerprint density at radius 2 is 1.58 bits per heavy atom. The summed E-state index contributed by atoms with van der Waals surface area (Å²) in [5, 5.41) is 11.5. The zero-order chi connectivity index (χ0) is 27.4. The number of amidine groups is 1. The number of ether oxygens (including phenoxy) is 1. The van der Waals surface area contributed by atoms with E-state index in [1.807, 2.05) is 10.6 Å². The van der Waals surface area contributed by atoms with E-state index in [1.165, 1.54) is 4.90 Å². The van der Waals surface area contributed by atoms with Gasteiger partial charge in [-0.3, -0.25) is 19.8 Å². The number of aromatic nitrogens is 1. The van der Waals surface area contributed by atoms with Crippen molar-refractivity contribution in [3.8, 4) is 5.75 Å². The standard InChI is InChI=1S/C28H28N6O4/c1-33(2)25(35)16-38-22-11-9-21(10-12-22)32-28(37)24-13-19-7-8-20(26(29)30)14-23(19)34(24)15-17-3-5-18(6-4-17)27(31)36/h3-14H,15-16H2,1-2H3,(H3,29,30)(H2,31,36)(H,32,37). The van der Waals surface area contributed by atoms with Gasteiger partial charge in [0.15, 0.2) is 6.61 Å². The summed E-state index contributed by atoms with van der Waals surface area (Å²) in [6.07, 6.45) is 0. The van der Waals surface area contributed by atoms with Gasteiger partial charge in [-0.05, 0) is 54.1 Å². The summed E-state index contributed by atoms with van der Waals surface area (Å²) in [5.41, 5.74) is 14.5. The Morgan fingerprint density at radius 3 is 2.18 bits per heavy atom. The summed E-state index contributed by atoms with van der Waals surface area (Å²) < 4.78 is 7.32. The Kier molecular flexibility index (Phi) is 7.43. The highest BCUT2D eigenvalue weighted by molar-refractivity contribution is 6.07. The van der Waals surface area contributed by atoms with Gasteiger partial charge in [0.2, 0.25) is 5.91 Å². The summed E-state index contributed by atoms with van der Waals surface area (Å²) >= 11 is 0. The van der Waals surface area contributed by atoms with Gasteiger partial charge in [0.1, 0.15) is 17.3 Å². The minimum absolute atomic E-state index is 0.0777. The van der Waals surface area contributed by atoms with Crippen molar-refractivity contribution in [1.82, 2.24) is 9.47 Å². The monoisotopic (exact) mass is 512 g/mol.